The summed E-state index contributed by atoms with van der Waals surface area (Å²) < 4.78 is 38.5. The fourth-order valence-corrected chi connectivity index (χ4v) is 3.52. The molecule has 1 amide bonds. The van der Waals surface area contributed by atoms with Crippen molar-refractivity contribution in [1.82, 2.24) is 0 Å². The number of anilines is 2. The summed E-state index contributed by atoms with van der Waals surface area (Å²) in [7, 11) is -3.64. The minimum atomic E-state index is -3.64. The predicted molar refractivity (Wildman–Crippen MR) is 107 cm³/mol. The Morgan fingerprint density at radius 3 is 2.26 bits per heavy atom. The number of nitrogens with zero attached hydrogens (tertiary/aromatic N) is 1. The molecule has 2 aromatic rings. The first-order valence-electron chi connectivity index (χ1n) is 8.60. The summed E-state index contributed by atoms with van der Waals surface area (Å²) in [4.78, 5) is 12.2. The molecule has 0 bridgehead atoms. The molecule has 27 heavy (non-hydrogen) atoms. The first-order valence-corrected chi connectivity index (χ1v) is 10.5. The van der Waals surface area contributed by atoms with Crippen LogP contribution in [0.1, 0.15) is 32.8 Å². The summed E-state index contributed by atoms with van der Waals surface area (Å²) in [6.07, 6.45) is 0.978. The number of benzene rings is 2. The second-order valence-corrected chi connectivity index (χ2v) is 9.35. The first kappa shape index (κ1) is 20.9. The lowest BCUT2D eigenvalue weighted by molar-refractivity contribution is -0.116. The van der Waals surface area contributed by atoms with E-state index in [1.165, 1.54) is 18.2 Å². The molecule has 0 aliphatic carbocycles. The van der Waals surface area contributed by atoms with E-state index < -0.39 is 15.8 Å². The standard InChI is InChI=1S/C20H25FN2O3S/c1-20(2,3)15-8-10-17(11-9-15)22-19(24)12-13-23(27(4,25)26)18-7-5-6-16(21)14-18/h5-11,14H,12-13H2,1-4H3,(H,22,24). The molecule has 0 saturated heterocycles. The van der Waals surface area contributed by atoms with Crippen molar-refractivity contribution < 1.29 is 17.6 Å². The summed E-state index contributed by atoms with van der Waals surface area (Å²) in [6.45, 7) is 6.24. The Morgan fingerprint density at radius 2 is 1.74 bits per heavy atom. The van der Waals surface area contributed by atoms with Gasteiger partial charge in [0.15, 0.2) is 0 Å². The molecule has 2 rings (SSSR count). The lowest BCUT2D eigenvalue weighted by Crippen LogP contribution is -2.33. The Kier molecular flexibility index (Phi) is 6.26. The highest BCUT2D eigenvalue weighted by molar-refractivity contribution is 7.92. The second kappa shape index (κ2) is 8.08. The Bertz CT molecular complexity index is 904. The number of hydrogen-bond acceptors (Lipinski definition) is 3. The van der Waals surface area contributed by atoms with E-state index in [-0.39, 0.29) is 30.0 Å². The van der Waals surface area contributed by atoms with Crippen LogP contribution in [0.3, 0.4) is 0 Å². The zero-order chi connectivity index (χ0) is 20.2. The molecule has 0 aromatic heterocycles. The van der Waals surface area contributed by atoms with Crippen LogP contribution in [0, 0.1) is 5.82 Å². The molecule has 0 fully saturated rings. The summed E-state index contributed by atoms with van der Waals surface area (Å²) in [5, 5.41) is 2.76. The molecule has 0 saturated carbocycles. The van der Waals surface area contributed by atoms with Gasteiger partial charge < -0.3 is 5.32 Å². The monoisotopic (exact) mass is 392 g/mol. The molecule has 0 aliphatic heterocycles. The van der Waals surface area contributed by atoms with E-state index in [9.17, 15) is 17.6 Å². The zero-order valence-corrected chi connectivity index (χ0v) is 16.8. The van der Waals surface area contributed by atoms with Gasteiger partial charge in [0.2, 0.25) is 15.9 Å². The summed E-state index contributed by atoms with van der Waals surface area (Å²) in [6, 6.07) is 12.8. The molecule has 0 aliphatic rings. The SMILES string of the molecule is CC(C)(C)c1ccc(NC(=O)CCN(c2cccc(F)c2)S(C)(=O)=O)cc1. The van der Waals surface area contributed by atoms with Gasteiger partial charge in [-0.3, -0.25) is 9.10 Å². The van der Waals surface area contributed by atoms with E-state index >= 15 is 0 Å². The maximum Gasteiger partial charge on any atom is 0.232 e. The Hall–Kier alpha value is -2.41. The number of amides is 1. The molecular weight excluding hydrogens is 367 g/mol. The van der Waals surface area contributed by atoms with Crippen molar-refractivity contribution in [3.8, 4) is 0 Å². The van der Waals surface area contributed by atoms with Crippen LogP contribution in [-0.2, 0) is 20.2 Å². The van der Waals surface area contributed by atoms with E-state index in [4.69, 9.17) is 0 Å². The van der Waals surface area contributed by atoms with Gasteiger partial charge in [-0.25, -0.2) is 12.8 Å². The Labute approximate surface area is 160 Å². The number of rotatable bonds is 6. The van der Waals surface area contributed by atoms with E-state index in [1.54, 1.807) is 0 Å². The van der Waals surface area contributed by atoms with Crippen LogP contribution in [0.15, 0.2) is 48.5 Å². The average Bonchev–Trinajstić information content (AvgIpc) is 2.53. The molecule has 0 unspecified atom stereocenters. The maximum absolute atomic E-state index is 13.4. The predicted octanol–water partition coefficient (Wildman–Crippen LogP) is 3.92. The van der Waals surface area contributed by atoms with Gasteiger partial charge in [0.1, 0.15) is 5.82 Å². The molecule has 7 heteroatoms. The van der Waals surface area contributed by atoms with Crippen molar-refractivity contribution >= 4 is 27.3 Å². The largest absolute Gasteiger partial charge is 0.326 e. The number of nitrogens with one attached hydrogen (secondary N) is 1. The highest BCUT2D eigenvalue weighted by atomic mass is 32.2. The van der Waals surface area contributed by atoms with Crippen LogP contribution < -0.4 is 9.62 Å². The van der Waals surface area contributed by atoms with E-state index in [0.717, 1.165) is 22.2 Å². The zero-order valence-electron chi connectivity index (χ0n) is 16.0. The van der Waals surface area contributed by atoms with Crippen molar-refractivity contribution in [2.24, 2.45) is 0 Å². The topological polar surface area (TPSA) is 66.5 Å². The van der Waals surface area contributed by atoms with Crippen LogP contribution in [0.4, 0.5) is 15.8 Å². The van der Waals surface area contributed by atoms with Gasteiger partial charge in [-0.1, -0.05) is 39.0 Å². The Balaban J connectivity index is 2.04. The first-order chi connectivity index (χ1) is 12.5. The lowest BCUT2D eigenvalue weighted by atomic mass is 9.87. The fourth-order valence-electron chi connectivity index (χ4n) is 2.60. The van der Waals surface area contributed by atoms with Crippen LogP contribution in [-0.4, -0.2) is 27.1 Å². The number of halogens is 1. The highest BCUT2D eigenvalue weighted by Gasteiger charge is 2.19. The maximum atomic E-state index is 13.4. The van der Waals surface area contributed by atoms with E-state index in [1.807, 2.05) is 24.3 Å². The normalized spacial score (nSPS) is 11.9. The third kappa shape index (κ3) is 6.06. The highest BCUT2D eigenvalue weighted by Crippen LogP contribution is 2.24. The van der Waals surface area contributed by atoms with Crippen molar-refractivity contribution in [3.63, 3.8) is 0 Å². The van der Waals surface area contributed by atoms with Crippen LogP contribution in [0.5, 0.6) is 0 Å². The van der Waals surface area contributed by atoms with Gasteiger partial charge in [-0.05, 0) is 41.3 Å². The average molecular weight is 392 g/mol. The molecule has 5 nitrogen and oxygen atoms in total. The van der Waals surface area contributed by atoms with Gasteiger partial charge in [0.05, 0.1) is 11.9 Å². The van der Waals surface area contributed by atoms with Crippen molar-refractivity contribution in [1.29, 1.82) is 0 Å². The summed E-state index contributed by atoms with van der Waals surface area (Å²) in [5.74, 6) is -0.854. The molecule has 1 N–H and O–H groups in total. The molecule has 2 aromatic carbocycles. The quantitative estimate of drug-likeness (QED) is 0.810. The van der Waals surface area contributed by atoms with Crippen molar-refractivity contribution in [2.75, 3.05) is 22.4 Å². The third-order valence-electron chi connectivity index (χ3n) is 4.07. The summed E-state index contributed by atoms with van der Waals surface area (Å²) in [5.41, 5.74) is 2.00. The number of carbonyl (C=O) groups is 1. The lowest BCUT2D eigenvalue weighted by Gasteiger charge is -2.22. The Morgan fingerprint density at radius 1 is 1.11 bits per heavy atom. The number of carbonyl (C=O) groups excluding carboxylic acids is 1. The van der Waals surface area contributed by atoms with Crippen molar-refractivity contribution in [3.05, 3.63) is 59.9 Å². The third-order valence-corrected chi connectivity index (χ3v) is 5.27. The molecule has 0 heterocycles. The van der Waals surface area contributed by atoms with Gasteiger partial charge >= 0.3 is 0 Å². The molecule has 146 valence electrons. The van der Waals surface area contributed by atoms with Crippen LogP contribution in [0.2, 0.25) is 0 Å². The molecular formula is C20H25FN2O3S. The minimum absolute atomic E-state index is 0.0173. The van der Waals surface area contributed by atoms with Gasteiger partial charge in [0.25, 0.3) is 0 Å². The van der Waals surface area contributed by atoms with E-state index in [0.29, 0.717) is 5.69 Å². The second-order valence-electron chi connectivity index (χ2n) is 7.44. The van der Waals surface area contributed by atoms with Gasteiger partial charge in [-0.2, -0.15) is 0 Å². The molecule has 0 radical (unpaired) electrons. The van der Waals surface area contributed by atoms with Gasteiger partial charge in [0, 0.05) is 18.7 Å². The molecule has 0 atom stereocenters. The van der Waals surface area contributed by atoms with Crippen molar-refractivity contribution in [2.45, 2.75) is 32.6 Å². The fraction of sp³-hybridized carbons (Fsp3) is 0.350. The van der Waals surface area contributed by atoms with Crippen LogP contribution in [0.25, 0.3) is 0 Å². The minimum Gasteiger partial charge on any atom is -0.326 e. The summed E-state index contributed by atoms with van der Waals surface area (Å²) >= 11 is 0. The van der Waals surface area contributed by atoms with E-state index in [2.05, 4.69) is 26.1 Å². The smallest absolute Gasteiger partial charge is 0.232 e. The van der Waals surface area contributed by atoms with Crippen LogP contribution >= 0.6 is 0 Å². The molecule has 0 spiro atoms. The number of sulfonamides is 1. The van der Waals surface area contributed by atoms with Gasteiger partial charge in [-0.15, -0.1) is 0 Å². The number of hydrogen-bond donors (Lipinski definition) is 1.